The Morgan fingerprint density at radius 3 is 2.41 bits per heavy atom. The van der Waals surface area contributed by atoms with E-state index < -0.39 is 29.9 Å². The van der Waals surface area contributed by atoms with Crippen LogP contribution < -0.4 is 5.32 Å². The fourth-order valence-corrected chi connectivity index (χ4v) is 5.13. The quantitative estimate of drug-likeness (QED) is 0.429. The van der Waals surface area contributed by atoms with E-state index in [4.69, 9.17) is 11.6 Å². The van der Waals surface area contributed by atoms with Crippen LogP contribution in [0.3, 0.4) is 0 Å². The fraction of sp³-hybridized carbons (Fsp3) is 0.462. The molecule has 0 aromatic heterocycles. The highest BCUT2D eigenvalue weighted by Crippen LogP contribution is 2.46. The molecule has 2 aliphatic carbocycles. The molecule has 4 nitrogen and oxygen atoms in total. The van der Waals surface area contributed by atoms with Crippen molar-refractivity contribution in [2.24, 2.45) is 11.8 Å². The average molecular weight is 494 g/mol. The van der Waals surface area contributed by atoms with Gasteiger partial charge in [-0.25, -0.2) is 0 Å². The number of amides is 1. The second-order valence-electron chi connectivity index (χ2n) is 9.46. The zero-order valence-corrected chi connectivity index (χ0v) is 19.5. The highest BCUT2D eigenvalue weighted by atomic mass is 35.5. The van der Waals surface area contributed by atoms with Crippen LogP contribution in [0, 0.1) is 11.8 Å². The Morgan fingerprint density at radius 2 is 1.76 bits per heavy atom. The van der Waals surface area contributed by atoms with Crippen LogP contribution in [-0.2, 0) is 22.4 Å². The second-order valence-corrected chi connectivity index (χ2v) is 9.87. The van der Waals surface area contributed by atoms with Crippen molar-refractivity contribution >= 4 is 29.2 Å². The van der Waals surface area contributed by atoms with Gasteiger partial charge in [-0.3, -0.25) is 9.59 Å². The minimum absolute atomic E-state index is 0.0530. The van der Waals surface area contributed by atoms with Gasteiger partial charge in [-0.05, 0) is 78.3 Å². The molecular formula is C26H27ClF3NO3. The Morgan fingerprint density at radius 1 is 1.09 bits per heavy atom. The first-order valence-corrected chi connectivity index (χ1v) is 11.9. The lowest BCUT2D eigenvalue weighted by Crippen LogP contribution is -2.34. The number of anilines is 1. The zero-order valence-electron chi connectivity index (χ0n) is 18.8. The summed E-state index contributed by atoms with van der Waals surface area (Å²) in [6.07, 6.45) is -0.142. The first-order valence-electron chi connectivity index (χ1n) is 11.5. The number of benzene rings is 2. The van der Waals surface area contributed by atoms with Crippen molar-refractivity contribution in [3.63, 3.8) is 0 Å². The van der Waals surface area contributed by atoms with Crippen LogP contribution >= 0.6 is 11.6 Å². The zero-order chi connectivity index (χ0) is 24.6. The number of carbonyl (C=O) groups excluding carboxylic acids is 1. The Kier molecular flexibility index (Phi) is 6.94. The summed E-state index contributed by atoms with van der Waals surface area (Å²) in [4.78, 5) is 24.6. The van der Waals surface area contributed by atoms with Gasteiger partial charge in [-0.15, -0.1) is 0 Å². The number of carboxylic acids is 1. The molecule has 3 atom stereocenters. The molecule has 0 unspecified atom stereocenters. The standard InChI is InChI=1S/C26H27ClF3NO3/c1-14(26(28,29)30)24(19-8-5-15-3-2-4-17(15)11-19)25(34)31-22-12-18(9-10-21(22)27)20(13-23(32)33)16-6-7-16/h5,8-12,14,16,20,24H,2-4,6-7,13H2,1H3,(H,31,34)(H,32,33)/t14-,20+,24+/m1/s1. The molecule has 2 N–H and O–H groups in total. The maximum Gasteiger partial charge on any atom is 0.392 e. The largest absolute Gasteiger partial charge is 0.481 e. The number of hydrogen-bond acceptors (Lipinski definition) is 2. The van der Waals surface area contributed by atoms with Gasteiger partial charge >= 0.3 is 12.1 Å². The van der Waals surface area contributed by atoms with Crippen molar-refractivity contribution < 1.29 is 27.9 Å². The Hall–Kier alpha value is -2.54. The second kappa shape index (κ2) is 9.61. The van der Waals surface area contributed by atoms with Gasteiger partial charge in [0.05, 0.1) is 29.0 Å². The molecule has 1 saturated carbocycles. The lowest BCUT2D eigenvalue weighted by atomic mass is 9.84. The smallest absolute Gasteiger partial charge is 0.392 e. The number of halogens is 4. The molecule has 182 valence electrons. The van der Waals surface area contributed by atoms with Gasteiger partial charge in [0.25, 0.3) is 0 Å². The van der Waals surface area contributed by atoms with Crippen molar-refractivity contribution in [1.82, 2.24) is 0 Å². The van der Waals surface area contributed by atoms with Gasteiger partial charge in [-0.1, -0.05) is 42.8 Å². The van der Waals surface area contributed by atoms with E-state index in [1.807, 2.05) is 6.07 Å². The van der Waals surface area contributed by atoms with Gasteiger partial charge in [-0.2, -0.15) is 13.2 Å². The van der Waals surface area contributed by atoms with Crippen LogP contribution in [0.4, 0.5) is 18.9 Å². The van der Waals surface area contributed by atoms with E-state index in [1.54, 1.807) is 30.3 Å². The Bertz CT molecular complexity index is 1100. The maximum absolute atomic E-state index is 13.8. The molecule has 0 heterocycles. The predicted octanol–water partition coefficient (Wildman–Crippen LogP) is 6.72. The number of fused-ring (bicyclic) bond motifs is 1. The average Bonchev–Trinajstić information content (AvgIpc) is 3.50. The Balaban J connectivity index is 1.64. The molecular weight excluding hydrogens is 467 g/mol. The van der Waals surface area contributed by atoms with Gasteiger partial charge < -0.3 is 10.4 Å². The van der Waals surface area contributed by atoms with E-state index >= 15 is 0 Å². The highest BCUT2D eigenvalue weighted by molar-refractivity contribution is 6.33. The molecule has 1 amide bonds. The minimum atomic E-state index is -4.56. The first kappa shape index (κ1) is 24.6. The summed E-state index contributed by atoms with van der Waals surface area (Å²) in [6.45, 7) is 1.02. The third-order valence-corrected chi connectivity index (χ3v) is 7.37. The fourth-order valence-electron chi connectivity index (χ4n) is 4.96. The van der Waals surface area contributed by atoms with Crippen molar-refractivity contribution in [2.45, 2.75) is 63.5 Å². The highest BCUT2D eigenvalue weighted by Gasteiger charge is 2.45. The topological polar surface area (TPSA) is 66.4 Å². The van der Waals surface area contributed by atoms with Crippen LogP contribution in [0.2, 0.25) is 5.02 Å². The van der Waals surface area contributed by atoms with Gasteiger partial charge in [0.1, 0.15) is 0 Å². The van der Waals surface area contributed by atoms with Gasteiger partial charge in [0.15, 0.2) is 0 Å². The molecule has 0 radical (unpaired) electrons. The van der Waals surface area contributed by atoms with Crippen LogP contribution in [-0.4, -0.2) is 23.2 Å². The summed E-state index contributed by atoms with van der Waals surface area (Å²) in [7, 11) is 0. The van der Waals surface area contributed by atoms with Gasteiger partial charge in [0, 0.05) is 0 Å². The van der Waals surface area contributed by atoms with E-state index in [9.17, 15) is 27.9 Å². The lowest BCUT2D eigenvalue weighted by Gasteiger charge is -2.26. The molecule has 0 aliphatic heterocycles. The molecule has 0 spiro atoms. The van der Waals surface area contributed by atoms with Crippen molar-refractivity contribution in [2.75, 3.05) is 5.32 Å². The molecule has 0 saturated heterocycles. The predicted molar refractivity (Wildman–Crippen MR) is 124 cm³/mol. The summed E-state index contributed by atoms with van der Waals surface area (Å²) >= 11 is 6.29. The molecule has 2 aromatic carbocycles. The molecule has 4 rings (SSSR count). The Labute approximate surface area is 201 Å². The van der Waals surface area contributed by atoms with Crippen molar-refractivity contribution in [3.05, 3.63) is 63.7 Å². The molecule has 2 aromatic rings. The number of nitrogens with one attached hydrogen (secondary N) is 1. The van der Waals surface area contributed by atoms with E-state index in [-0.39, 0.29) is 29.0 Å². The molecule has 34 heavy (non-hydrogen) atoms. The van der Waals surface area contributed by atoms with Crippen molar-refractivity contribution in [1.29, 1.82) is 0 Å². The van der Waals surface area contributed by atoms with E-state index in [0.29, 0.717) is 11.1 Å². The monoisotopic (exact) mass is 493 g/mol. The number of hydrogen-bond donors (Lipinski definition) is 2. The summed E-state index contributed by atoms with van der Waals surface area (Å²) in [5.41, 5.74) is 3.34. The third kappa shape index (κ3) is 5.40. The molecule has 2 aliphatic rings. The van der Waals surface area contributed by atoms with E-state index in [1.165, 1.54) is 0 Å². The minimum Gasteiger partial charge on any atom is -0.481 e. The maximum atomic E-state index is 13.8. The van der Waals surface area contributed by atoms with Crippen molar-refractivity contribution in [3.8, 4) is 0 Å². The summed E-state index contributed by atoms with van der Waals surface area (Å²) in [6, 6.07) is 10.0. The number of aryl methyl sites for hydroxylation is 2. The SMILES string of the molecule is C[C@H]([C@H](C(=O)Nc1cc([C@@H](CC(=O)O)C2CC2)ccc1Cl)c1ccc2c(c1)CCC2)C(F)(F)F. The number of carbonyl (C=O) groups is 2. The lowest BCUT2D eigenvalue weighted by molar-refractivity contribution is -0.178. The molecule has 0 bridgehead atoms. The summed E-state index contributed by atoms with van der Waals surface area (Å²) < 4.78 is 41.3. The number of carboxylic acid groups (broad SMARTS) is 1. The summed E-state index contributed by atoms with van der Waals surface area (Å²) in [5, 5.41) is 12.1. The normalized spacial score (nSPS) is 18.1. The number of aliphatic carboxylic acids is 1. The van der Waals surface area contributed by atoms with Crippen LogP contribution in [0.15, 0.2) is 36.4 Å². The number of rotatable bonds is 8. The van der Waals surface area contributed by atoms with Crippen LogP contribution in [0.25, 0.3) is 0 Å². The van der Waals surface area contributed by atoms with Crippen LogP contribution in [0.5, 0.6) is 0 Å². The van der Waals surface area contributed by atoms with Crippen LogP contribution in [0.1, 0.15) is 66.7 Å². The van der Waals surface area contributed by atoms with E-state index in [0.717, 1.165) is 50.2 Å². The van der Waals surface area contributed by atoms with E-state index in [2.05, 4.69) is 5.32 Å². The summed E-state index contributed by atoms with van der Waals surface area (Å²) in [5.74, 6) is -5.04. The first-order chi connectivity index (χ1) is 16.0. The molecule has 8 heteroatoms. The van der Waals surface area contributed by atoms with Gasteiger partial charge in [0.2, 0.25) is 5.91 Å². The third-order valence-electron chi connectivity index (χ3n) is 7.04. The molecule has 1 fully saturated rings. The number of alkyl halides is 3.